The number of rotatable bonds is 4. The summed E-state index contributed by atoms with van der Waals surface area (Å²) in [6, 6.07) is 3.10. The number of aromatic nitrogens is 3. The van der Waals surface area contributed by atoms with Crippen molar-refractivity contribution in [2.24, 2.45) is 0 Å². The third-order valence-corrected chi connectivity index (χ3v) is 7.28. The molecule has 0 atom stereocenters. The van der Waals surface area contributed by atoms with Crippen molar-refractivity contribution in [1.29, 1.82) is 0 Å². The van der Waals surface area contributed by atoms with Gasteiger partial charge in [-0.2, -0.15) is 4.31 Å². The van der Waals surface area contributed by atoms with Crippen LogP contribution in [-0.2, 0) is 10.0 Å². The molecule has 0 bridgehead atoms. The summed E-state index contributed by atoms with van der Waals surface area (Å²) in [4.78, 5) is 29.2. The Balaban J connectivity index is 1.46. The number of carbonyl (C=O) groups excluding carboxylic acids is 1. The number of amides is 1. The van der Waals surface area contributed by atoms with E-state index in [9.17, 15) is 13.2 Å². The van der Waals surface area contributed by atoms with Crippen LogP contribution in [0.2, 0.25) is 5.02 Å². The summed E-state index contributed by atoms with van der Waals surface area (Å²) in [6.45, 7) is 2.64. The lowest BCUT2D eigenvalue weighted by atomic mass is 10.3. The lowest BCUT2D eigenvalue weighted by Gasteiger charge is -2.34. The quantitative estimate of drug-likeness (QED) is 0.711. The first-order valence-corrected chi connectivity index (χ1v) is 11.3. The molecule has 0 radical (unpaired) electrons. The molecule has 2 aromatic rings. The molecule has 0 aliphatic carbocycles. The van der Waals surface area contributed by atoms with E-state index in [0.717, 1.165) is 25.9 Å². The van der Waals surface area contributed by atoms with Crippen LogP contribution in [0.5, 0.6) is 0 Å². The van der Waals surface area contributed by atoms with Crippen LogP contribution in [-0.4, -0.2) is 77.8 Å². The molecule has 29 heavy (non-hydrogen) atoms. The van der Waals surface area contributed by atoms with Crippen molar-refractivity contribution in [1.82, 2.24) is 24.2 Å². The van der Waals surface area contributed by atoms with Crippen molar-refractivity contribution in [2.75, 3.05) is 44.2 Å². The first-order valence-electron chi connectivity index (χ1n) is 9.44. The number of carbonyl (C=O) groups is 1. The molecule has 154 valence electrons. The third kappa shape index (κ3) is 4.05. The van der Waals surface area contributed by atoms with E-state index in [4.69, 9.17) is 11.6 Å². The number of pyridine rings is 1. The Morgan fingerprint density at radius 1 is 1.03 bits per heavy atom. The average molecular weight is 437 g/mol. The number of anilines is 1. The summed E-state index contributed by atoms with van der Waals surface area (Å²) >= 11 is 6.19. The Morgan fingerprint density at radius 3 is 2.41 bits per heavy atom. The summed E-state index contributed by atoms with van der Waals surface area (Å²) in [7, 11) is -3.63. The van der Waals surface area contributed by atoms with Crippen molar-refractivity contribution in [3.63, 3.8) is 0 Å². The maximum atomic E-state index is 13.0. The highest BCUT2D eigenvalue weighted by molar-refractivity contribution is 7.89. The molecule has 2 aliphatic rings. The van der Waals surface area contributed by atoms with Crippen molar-refractivity contribution < 1.29 is 13.2 Å². The van der Waals surface area contributed by atoms with E-state index in [1.54, 1.807) is 11.0 Å². The highest BCUT2D eigenvalue weighted by atomic mass is 35.5. The lowest BCUT2D eigenvalue weighted by Crippen LogP contribution is -2.50. The van der Waals surface area contributed by atoms with Crippen molar-refractivity contribution in [3.05, 3.63) is 41.4 Å². The summed E-state index contributed by atoms with van der Waals surface area (Å²) < 4.78 is 26.8. The predicted molar refractivity (Wildman–Crippen MR) is 107 cm³/mol. The van der Waals surface area contributed by atoms with Gasteiger partial charge in [-0.15, -0.1) is 0 Å². The van der Waals surface area contributed by atoms with Gasteiger partial charge in [-0.1, -0.05) is 11.6 Å². The van der Waals surface area contributed by atoms with Crippen LogP contribution in [0.1, 0.15) is 23.3 Å². The molecule has 1 amide bonds. The maximum Gasteiger partial charge on any atom is 0.274 e. The standard InChI is InChI=1S/C18H21ClN6O3S/c19-15-13-21-18(24-6-1-2-7-24)22-16(15)17(26)23-8-10-25(11-9-23)29(27,28)14-4-3-5-20-12-14/h3-5,12-13H,1-2,6-11H2. The summed E-state index contributed by atoms with van der Waals surface area (Å²) in [5, 5.41) is 0.198. The van der Waals surface area contributed by atoms with Gasteiger partial charge in [-0.05, 0) is 25.0 Å². The highest BCUT2D eigenvalue weighted by Gasteiger charge is 2.32. The smallest absolute Gasteiger partial charge is 0.274 e. The molecule has 11 heteroatoms. The third-order valence-electron chi connectivity index (χ3n) is 5.12. The molecule has 2 saturated heterocycles. The fourth-order valence-corrected chi connectivity index (χ4v) is 5.07. The lowest BCUT2D eigenvalue weighted by molar-refractivity contribution is 0.0692. The molecule has 0 spiro atoms. The SMILES string of the molecule is O=C(c1nc(N2CCCC2)ncc1Cl)N1CCN(S(=O)(=O)c2cccnc2)CC1. The van der Waals surface area contributed by atoms with Gasteiger partial charge in [-0.3, -0.25) is 9.78 Å². The minimum absolute atomic E-state index is 0.147. The molecule has 2 aliphatic heterocycles. The second kappa shape index (κ2) is 8.21. The fraction of sp³-hybridized carbons (Fsp3) is 0.444. The van der Waals surface area contributed by atoms with E-state index in [-0.39, 0.29) is 47.7 Å². The first kappa shape index (κ1) is 20.0. The minimum atomic E-state index is -3.63. The van der Waals surface area contributed by atoms with Crippen LogP contribution in [0.4, 0.5) is 5.95 Å². The summed E-state index contributed by atoms with van der Waals surface area (Å²) in [5.41, 5.74) is 0.159. The molecule has 0 saturated carbocycles. The number of hydrogen-bond acceptors (Lipinski definition) is 7. The van der Waals surface area contributed by atoms with Gasteiger partial charge in [0.2, 0.25) is 16.0 Å². The van der Waals surface area contributed by atoms with Gasteiger partial charge >= 0.3 is 0 Å². The molecule has 2 aromatic heterocycles. The molecular formula is C18H21ClN6O3S. The zero-order chi connectivity index (χ0) is 20.4. The molecule has 2 fully saturated rings. The Labute approximate surface area is 174 Å². The Hall–Kier alpha value is -2.30. The van der Waals surface area contributed by atoms with E-state index in [0.29, 0.717) is 5.95 Å². The number of sulfonamides is 1. The van der Waals surface area contributed by atoms with Gasteiger partial charge in [0.1, 0.15) is 4.90 Å². The molecule has 4 rings (SSSR count). The van der Waals surface area contributed by atoms with Crippen molar-refractivity contribution in [3.8, 4) is 0 Å². The maximum absolute atomic E-state index is 13.0. The van der Waals surface area contributed by atoms with E-state index in [1.165, 1.54) is 29.0 Å². The molecule has 0 unspecified atom stereocenters. The Morgan fingerprint density at radius 2 is 1.76 bits per heavy atom. The van der Waals surface area contributed by atoms with Crippen LogP contribution < -0.4 is 4.90 Å². The predicted octanol–water partition coefficient (Wildman–Crippen LogP) is 1.27. The van der Waals surface area contributed by atoms with Gasteiger partial charge in [0.25, 0.3) is 5.91 Å². The van der Waals surface area contributed by atoms with Gasteiger partial charge in [-0.25, -0.2) is 18.4 Å². The molecule has 4 heterocycles. The van der Waals surface area contributed by atoms with Gasteiger partial charge in [0.15, 0.2) is 5.69 Å². The van der Waals surface area contributed by atoms with Crippen molar-refractivity contribution >= 4 is 33.5 Å². The zero-order valence-corrected chi connectivity index (χ0v) is 17.3. The van der Waals surface area contributed by atoms with Gasteiger partial charge in [0, 0.05) is 51.7 Å². The second-order valence-corrected chi connectivity index (χ2v) is 9.29. The zero-order valence-electron chi connectivity index (χ0n) is 15.7. The monoisotopic (exact) mass is 436 g/mol. The normalized spacial score (nSPS) is 18.2. The summed E-state index contributed by atoms with van der Waals surface area (Å²) in [6.07, 6.45) is 6.45. The van der Waals surface area contributed by atoms with E-state index in [2.05, 4.69) is 15.0 Å². The van der Waals surface area contributed by atoms with Crippen molar-refractivity contribution in [2.45, 2.75) is 17.7 Å². The van der Waals surface area contributed by atoms with E-state index in [1.807, 2.05) is 4.90 Å². The number of hydrogen-bond donors (Lipinski definition) is 0. The minimum Gasteiger partial charge on any atom is -0.341 e. The van der Waals surface area contributed by atoms with E-state index >= 15 is 0 Å². The molecular weight excluding hydrogens is 416 g/mol. The number of halogens is 1. The van der Waals surface area contributed by atoms with Crippen LogP contribution >= 0.6 is 11.6 Å². The molecule has 0 aromatic carbocycles. The molecule has 9 nitrogen and oxygen atoms in total. The van der Waals surface area contributed by atoms with Crippen LogP contribution in [0.25, 0.3) is 0 Å². The fourth-order valence-electron chi connectivity index (χ4n) is 3.51. The largest absolute Gasteiger partial charge is 0.341 e. The summed E-state index contributed by atoms with van der Waals surface area (Å²) in [5.74, 6) is 0.198. The van der Waals surface area contributed by atoms with Gasteiger partial charge in [0.05, 0.1) is 11.2 Å². The van der Waals surface area contributed by atoms with Crippen LogP contribution in [0.3, 0.4) is 0 Å². The number of piperazine rings is 1. The van der Waals surface area contributed by atoms with Crippen LogP contribution in [0.15, 0.2) is 35.6 Å². The Kier molecular flexibility index (Phi) is 5.66. The topological polar surface area (TPSA) is 99.6 Å². The number of nitrogens with zero attached hydrogens (tertiary/aromatic N) is 6. The average Bonchev–Trinajstić information content (AvgIpc) is 3.29. The van der Waals surface area contributed by atoms with Gasteiger partial charge < -0.3 is 9.80 Å². The highest BCUT2D eigenvalue weighted by Crippen LogP contribution is 2.22. The molecule has 0 N–H and O–H groups in total. The van der Waals surface area contributed by atoms with Crippen LogP contribution in [0, 0.1) is 0 Å². The Bertz CT molecular complexity index is 990. The first-order chi connectivity index (χ1) is 14.0. The van der Waals surface area contributed by atoms with E-state index < -0.39 is 10.0 Å². The second-order valence-electron chi connectivity index (χ2n) is 6.95.